The number of benzene rings is 3. The monoisotopic (exact) mass is 445 g/mol. The van der Waals surface area contributed by atoms with Crippen LogP contribution >= 0.6 is 0 Å². The number of nitrogens with zero attached hydrogens (tertiary/aromatic N) is 1. The first-order chi connectivity index (χ1) is 16.0. The Morgan fingerprint density at radius 1 is 0.818 bits per heavy atom. The van der Waals surface area contributed by atoms with Crippen LogP contribution in [-0.2, 0) is 16.2 Å². The number of nitrogens with one attached hydrogen (secondary N) is 2. The molecule has 3 aromatic carbocycles. The van der Waals surface area contributed by atoms with Gasteiger partial charge in [0.2, 0.25) is 5.91 Å². The Kier molecular flexibility index (Phi) is 8.18. The van der Waals surface area contributed by atoms with Gasteiger partial charge in [0.25, 0.3) is 5.91 Å². The minimum absolute atomic E-state index is 0.0271. The summed E-state index contributed by atoms with van der Waals surface area (Å²) in [4.78, 5) is 29.4. The van der Waals surface area contributed by atoms with Crippen LogP contribution in [-0.4, -0.2) is 24.6 Å². The SMILES string of the molecule is CCC(=O)Nc1ccc(C(C)=NOCc2ccc(C(=O)Nc3ccc(OC)cc3)cc2)cc1. The van der Waals surface area contributed by atoms with Crippen molar-refractivity contribution in [2.75, 3.05) is 17.7 Å². The molecule has 3 aromatic rings. The minimum Gasteiger partial charge on any atom is -0.497 e. The van der Waals surface area contributed by atoms with Gasteiger partial charge in [-0.25, -0.2) is 0 Å². The number of ether oxygens (including phenoxy) is 1. The van der Waals surface area contributed by atoms with Gasteiger partial charge in [0.05, 0.1) is 12.8 Å². The normalized spacial score (nSPS) is 10.9. The van der Waals surface area contributed by atoms with Crippen LogP contribution in [0.25, 0.3) is 0 Å². The van der Waals surface area contributed by atoms with Crippen LogP contribution in [0.2, 0.25) is 0 Å². The number of carbonyl (C=O) groups is 2. The van der Waals surface area contributed by atoms with E-state index in [2.05, 4.69) is 15.8 Å². The first kappa shape index (κ1) is 23.5. The van der Waals surface area contributed by atoms with Crippen molar-refractivity contribution in [3.8, 4) is 5.75 Å². The lowest BCUT2D eigenvalue weighted by atomic mass is 10.1. The van der Waals surface area contributed by atoms with E-state index in [4.69, 9.17) is 9.57 Å². The summed E-state index contributed by atoms with van der Waals surface area (Å²) in [6.45, 7) is 3.94. The highest BCUT2D eigenvalue weighted by atomic mass is 16.6. The molecule has 0 bridgehead atoms. The smallest absolute Gasteiger partial charge is 0.255 e. The molecule has 7 heteroatoms. The van der Waals surface area contributed by atoms with E-state index in [-0.39, 0.29) is 18.4 Å². The highest BCUT2D eigenvalue weighted by Crippen LogP contribution is 2.16. The van der Waals surface area contributed by atoms with Crippen molar-refractivity contribution >= 4 is 28.9 Å². The summed E-state index contributed by atoms with van der Waals surface area (Å²) in [7, 11) is 1.60. The van der Waals surface area contributed by atoms with Crippen molar-refractivity contribution < 1.29 is 19.2 Å². The van der Waals surface area contributed by atoms with Gasteiger partial charge < -0.3 is 20.2 Å². The van der Waals surface area contributed by atoms with Crippen molar-refractivity contribution in [1.82, 2.24) is 0 Å². The highest BCUT2D eigenvalue weighted by Gasteiger charge is 2.07. The Morgan fingerprint density at radius 2 is 1.39 bits per heavy atom. The van der Waals surface area contributed by atoms with Gasteiger partial charge in [-0.2, -0.15) is 0 Å². The number of rotatable bonds is 9. The first-order valence-electron chi connectivity index (χ1n) is 10.6. The van der Waals surface area contributed by atoms with Gasteiger partial charge in [-0.1, -0.05) is 36.3 Å². The van der Waals surface area contributed by atoms with E-state index in [9.17, 15) is 9.59 Å². The number of hydrogen-bond donors (Lipinski definition) is 2. The summed E-state index contributed by atoms with van der Waals surface area (Å²) in [5.41, 5.74) is 4.50. The van der Waals surface area contributed by atoms with Gasteiger partial charge >= 0.3 is 0 Å². The number of methoxy groups -OCH3 is 1. The average molecular weight is 446 g/mol. The molecule has 0 spiro atoms. The zero-order valence-corrected chi connectivity index (χ0v) is 18.9. The molecule has 0 aliphatic heterocycles. The van der Waals surface area contributed by atoms with E-state index >= 15 is 0 Å². The zero-order valence-electron chi connectivity index (χ0n) is 18.9. The van der Waals surface area contributed by atoms with Crippen LogP contribution in [0.5, 0.6) is 5.75 Å². The Bertz CT molecular complexity index is 1110. The maximum Gasteiger partial charge on any atom is 0.255 e. The van der Waals surface area contributed by atoms with E-state index < -0.39 is 0 Å². The Hall–Kier alpha value is -4.13. The second-order valence-corrected chi connectivity index (χ2v) is 7.31. The molecule has 0 aliphatic carbocycles. The average Bonchev–Trinajstić information content (AvgIpc) is 2.85. The van der Waals surface area contributed by atoms with Crippen LogP contribution in [0.4, 0.5) is 11.4 Å². The summed E-state index contributed by atoms with van der Waals surface area (Å²) in [5, 5.41) is 9.83. The molecule has 0 aliphatic rings. The molecular weight excluding hydrogens is 418 g/mol. The Balaban J connectivity index is 1.51. The number of oxime groups is 1. The molecule has 0 saturated heterocycles. The molecule has 0 unspecified atom stereocenters. The minimum atomic E-state index is -0.194. The van der Waals surface area contributed by atoms with Gasteiger partial charge in [-0.3, -0.25) is 9.59 Å². The van der Waals surface area contributed by atoms with Crippen molar-refractivity contribution in [2.45, 2.75) is 26.9 Å². The largest absolute Gasteiger partial charge is 0.497 e. The fraction of sp³-hybridized carbons (Fsp3) is 0.192. The molecule has 0 aromatic heterocycles. The molecule has 0 saturated carbocycles. The maximum absolute atomic E-state index is 12.4. The third kappa shape index (κ3) is 6.93. The van der Waals surface area contributed by atoms with E-state index in [0.29, 0.717) is 17.7 Å². The second-order valence-electron chi connectivity index (χ2n) is 7.31. The standard InChI is InChI=1S/C26H27N3O4/c1-4-25(30)27-22-11-9-20(10-12-22)18(2)29-33-17-19-5-7-21(8-6-19)26(31)28-23-13-15-24(32-3)16-14-23/h5-16H,4,17H2,1-3H3,(H,27,30)(H,28,31). The Morgan fingerprint density at radius 3 is 2.00 bits per heavy atom. The lowest BCUT2D eigenvalue weighted by Crippen LogP contribution is -2.11. The van der Waals surface area contributed by atoms with Crippen LogP contribution in [0.1, 0.15) is 41.8 Å². The summed E-state index contributed by atoms with van der Waals surface area (Å²) < 4.78 is 5.12. The molecule has 33 heavy (non-hydrogen) atoms. The van der Waals surface area contributed by atoms with E-state index in [1.807, 2.05) is 50.2 Å². The lowest BCUT2D eigenvalue weighted by molar-refractivity contribution is -0.115. The van der Waals surface area contributed by atoms with Crippen molar-refractivity contribution in [1.29, 1.82) is 0 Å². The predicted octanol–water partition coefficient (Wildman–Crippen LogP) is 5.24. The number of hydrogen-bond acceptors (Lipinski definition) is 5. The topological polar surface area (TPSA) is 89.0 Å². The molecule has 7 nitrogen and oxygen atoms in total. The first-order valence-corrected chi connectivity index (χ1v) is 10.6. The van der Waals surface area contributed by atoms with E-state index in [1.54, 1.807) is 43.5 Å². The van der Waals surface area contributed by atoms with Crippen molar-refractivity contribution in [3.63, 3.8) is 0 Å². The van der Waals surface area contributed by atoms with Crippen LogP contribution in [0.15, 0.2) is 78.0 Å². The number of anilines is 2. The molecule has 2 N–H and O–H groups in total. The molecule has 0 fully saturated rings. The fourth-order valence-corrected chi connectivity index (χ4v) is 2.93. The number of amides is 2. The maximum atomic E-state index is 12.4. The summed E-state index contributed by atoms with van der Waals surface area (Å²) in [6.07, 6.45) is 0.435. The van der Waals surface area contributed by atoms with Gasteiger partial charge in [0.15, 0.2) is 0 Å². The molecule has 0 radical (unpaired) electrons. The molecular formula is C26H27N3O4. The molecule has 3 rings (SSSR count). The predicted molar refractivity (Wildman–Crippen MR) is 130 cm³/mol. The Labute approximate surface area is 193 Å². The zero-order chi connectivity index (χ0) is 23.6. The van der Waals surface area contributed by atoms with Gasteiger partial charge in [-0.15, -0.1) is 0 Å². The van der Waals surface area contributed by atoms with Crippen LogP contribution < -0.4 is 15.4 Å². The van der Waals surface area contributed by atoms with Gasteiger partial charge in [0.1, 0.15) is 12.4 Å². The quantitative estimate of drug-likeness (QED) is 0.348. The van der Waals surface area contributed by atoms with Gasteiger partial charge in [0, 0.05) is 23.4 Å². The second kappa shape index (κ2) is 11.5. The van der Waals surface area contributed by atoms with Crippen LogP contribution in [0, 0.1) is 0 Å². The lowest BCUT2D eigenvalue weighted by Gasteiger charge is -2.08. The molecule has 0 atom stereocenters. The van der Waals surface area contributed by atoms with Crippen molar-refractivity contribution in [3.05, 3.63) is 89.5 Å². The highest BCUT2D eigenvalue weighted by molar-refractivity contribution is 6.04. The van der Waals surface area contributed by atoms with Crippen LogP contribution in [0.3, 0.4) is 0 Å². The summed E-state index contributed by atoms with van der Waals surface area (Å²) >= 11 is 0. The van der Waals surface area contributed by atoms with E-state index in [1.165, 1.54) is 0 Å². The number of carbonyl (C=O) groups excluding carboxylic acids is 2. The fourth-order valence-electron chi connectivity index (χ4n) is 2.93. The van der Waals surface area contributed by atoms with Crippen molar-refractivity contribution in [2.24, 2.45) is 5.16 Å². The van der Waals surface area contributed by atoms with E-state index in [0.717, 1.165) is 28.3 Å². The molecule has 0 heterocycles. The summed E-state index contributed by atoms with van der Waals surface area (Å²) in [5.74, 6) is 0.508. The molecule has 2 amide bonds. The third-order valence-corrected chi connectivity index (χ3v) is 4.90. The van der Waals surface area contributed by atoms with Gasteiger partial charge in [-0.05, 0) is 66.6 Å². The molecule has 170 valence electrons. The third-order valence-electron chi connectivity index (χ3n) is 4.90. The summed E-state index contributed by atoms with van der Waals surface area (Å²) in [6, 6.07) is 21.7.